The van der Waals surface area contributed by atoms with Gasteiger partial charge in [-0.2, -0.15) is 0 Å². The third kappa shape index (κ3) is 6.30. The Kier molecular flexibility index (Phi) is 6.98. The van der Waals surface area contributed by atoms with Crippen LogP contribution in [0, 0.1) is 5.41 Å². The van der Waals surface area contributed by atoms with Crippen LogP contribution in [0.15, 0.2) is 47.8 Å². The molecule has 0 aliphatic heterocycles. The molecule has 0 aliphatic rings. The van der Waals surface area contributed by atoms with E-state index in [0.717, 1.165) is 10.4 Å². The topological polar surface area (TPSA) is 55.4 Å². The van der Waals surface area contributed by atoms with E-state index in [1.165, 1.54) is 18.3 Å². The van der Waals surface area contributed by atoms with Crippen molar-refractivity contribution in [3.8, 4) is 0 Å². The van der Waals surface area contributed by atoms with Crippen LogP contribution in [0.5, 0.6) is 0 Å². The van der Waals surface area contributed by atoms with Gasteiger partial charge in [0.25, 0.3) is 0 Å². The molecule has 140 valence electrons. The molecule has 0 spiro atoms. The van der Waals surface area contributed by atoms with Gasteiger partial charge in [0, 0.05) is 18.2 Å². The van der Waals surface area contributed by atoms with Crippen LogP contribution in [0.25, 0.3) is 0 Å². The highest BCUT2D eigenvalue weighted by Gasteiger charge is 2.30. The molecule has 2 rings (SSSR count). The molecule has 1 aromatic heterocycles. The number of carbonyl (C=O) groups is 2. The summed E-state index contributed by atoms with van der Waals surface area (Å²) >= 11 is 1.52. The smallest absolute Gasteiger partial charge is 0.308 e. The minimum Gasteiger partial charge on any atom is -0.461 e. The zero-order chi connectivity index (χ0) is 19.2. The second-order valence-corrected chi connectivity index (χ2v) is 8.49. The first-order chi connectivity index (χ1) is 12.3. The summed E-state index contributed by atoms with van der Waals surface area (Å²) in [7, 11) is 0. The maximum Gasteiger partial charge on any atom is 0.308 e. The lowest BCUT2D eigenvalue weighted by atomic mass is 9.85. The molecule has 2 aromatic rings. The zero-order valence-corrected chi connectivity index (χ0v) is 16.6. The first kappa shape index (κ1) is 20.2. The Labute approximate surface area is 159 Å². The monoisotopic (exact) mass is 373 g/mol. The number of amides is 1. The van der Waals surface area contributed by atoms with Crippen molar-refractivity contribution in [2.24, 2.45) is 5.41 Å². The minimum atomic E-state index is -0.350. The molecule has 0 bridgehead atoms. The van der Waals surface area contributed by atoms with E-state index in [0.29, 0.717) is 6.42 Å². The van der Waals surface area contributed by atoms with Gasteiger partial charge in [-0.25, -0.2) is 0 Å². The highest BCUT2D eigenvalue weighted by molar-refractivity contribution is 7.10. The fourth-order valence-corrected chi connectivity index (χ4v) is 3.46. The van der Waals surface area contributed by atoms with Gasteiger partial charge >= 0.3 is 5.97 Å². The van der Waals surface area contributed by atoms with E-state index in [2.05, 4.69) is 26.1 Å². The number of ether oxygens (including phenoxy) is 1. The quantitative estimate of drug-likeness (QED) is 0.726. The summed E-state index contributed by atoms with van der Waals surface area (Å²) in [5, 5.41) is 4.78. The fraction of sp³-hybridized carbons (Fsp3) is 0.429. The van der Waals surface area contributed by atoms with Gasteiger partial charge in [-0.05, 0) is 22.4 Å². The summed E-state index contributed by atoms with van der Waals surface area (Å²) < 4.78 is 5.84. The average molecular weight is 374 g/mol. The Morgan fingerprint density at radius 3 is 2.35 bits per heavy atom. The molecule has 1 heterocycles. The Bertz CT molecular complexity index is 705. The Hall–Kier alpha value is -2.14. The number of hydrogen-bond acceptors (Lipinski definition) is 4. The summed E-state index contributed by atoms with van der Waals surface area (Å²) in [5.74, 6) is -0.458. The van der Waals surface area contributed by atoms with Crippen molar-refractivity contribution < 1.29 is 14.3 Å². The van der Waals surface area contributed by atoms with E-state index in [1.54, 1.807) is 0 Å². The summed E-state index contributed by atoms with van der Waals surface area (Å²) in [6.45, 7) is 7.66. The third-order valence-electron chi connectivity index (χ3n) is 4.14. The molecule has 1 aromatic carbocycles. The van der Waals surface area contributed by atoms with Crippen molar-refractivity contribution in [3.63, 3.8) is 0 Å². The largest absolute Gasteiger partial charge is 0.461 e. The molecule has 4 nitrogen and oxygen atoms in total. The van der Waals surface area contributed by atoms with Crippen LogP contribution in [-0.4, -0.2) is 18.0 Å². The van der Waals surface area contributed by atoms with Crippen molar-refractivity contribution in [1.82, 2.24) is 5.32 Å². The van der Waals surface area contributed by atoms with E-state index in [-0.39, 0.29) is 35.9 Å². The maximum atomic E-state index is 12.6. The van der Waals surface area contributed by atoms with E-state index < -0.39 is 0 Å². The molecule has 0 saturated heterocycles. The number of hydrogen-bond donors (Lipinski definition) is 1. The Morgan fingerprint density at radius 2 is 1.81 bits per heavy atom. The van der Waals surface area contributed by atoms with Gasteiger partial charge in [0.1, 0.15) is 6.10 Å². The number of nitrogens with one attached hydrogen (secondary N) is 1. The second-order valence-electron chi connectivity index (χ2n) is 7.51. The molecule has 0 saturated carbocycles. The molecule has 26 heavy (non-hydrogen) atoms. The summed E-state index contributed by atoms with van der Waals surface area (Å²) in [6.07, 6.45) is 0.556. The third-order valence-corrected chi connectivity index (χ3v) is 5.12. The van der Waals surface area contributed by atoms with Gasteiger partial charge < -0.3 is 10.1 Å². The van der Waals surface area contributed by atoms with Crippen molar-refractivity contribution in [1.29, 1.82) is 0 Å². The van der Waals surface area contributed by atoms with Crippen LogP contribution in [-0.2, 0) is 20.7 Å². The fourth-order valence-electron chi connectivity index (χ4n) is 2.68. The summed E-state index contributed by atoms with van der Waals surface area (Å²) in [6, 6.07) is 13.5. The van der Waals surface area contributed by atoms with Crippen molar-refractivity contribution in [3.05, 3.63) is 58.3 Å². The molecule has 0 aliphatic carbocycles. The standard InChI is InChI=1S/C21H27NO3S/c1-15(23)22-17(18-11-8-12-26-18)14-20(24)25-19(21(2,3)4)13-16-9-6-5-7-10-16/h5-12,17,19H,13-14H2,1-4H3,(H,22,23)/t17-,19+/m1/s1. The van der Waals surface area contributed by atoms with Crippen LogP contribution in [0.1, 0.15) is 50.6 Å². The van der Waals surface area contributed by atoms with Gasteiger partial charge in [0.05, 0.1) is 12.5 Å². The number of benzene rings is 1. The molecule has 0 unspecified atom stereocenters. The summed E-state index contributed by atoms with van der Waals surface area (Å²) in [4.78, 5) is 25.1. The van der Waals surface area contributed by atoms with E-state index in [4.69, 9.17) is 4.74 Å². The van der Waals surface area contributed by atoms with E-state index in [9.17, 15) is 9.59 Å². The predicted octanol–water partition coefficient (Wildman–Crippen LogP) is 4.52. The molecule has 2 atom stereocenters. The number of rotatable bonds is 7. The van der Waals surface area contributed by atoms with Gasteiger partial charge in [-0.15, -0.1) is 11.3 Å². The molecule has 1 N–H and O–H groups in total. The second kappa shape index (κ2) is 8.99. The maximum absolute atomic E-state index is 12.6. The highest BCUT2D eigenvalue weighted by atomic mass is 32.1. The molecule has 0 fully saturated rings. The van der Waals surface area contributed by atoms with Crippen molar-refractivity contribution in [2.45, 2.75) is 52.7 Å². The van der Waals surface area contributed by atoms with Crippen LogP contribution in [0.4, 0.5) is 0 Å². The minimum absolute atomic E-state index is 0.126. The zero-order valence-electron chi connectivity index (χ0n) is 15.8. The average Bonchev–Trinajstić information content (AvgIpc) is 3.08. The van der Waals surface area contributed by atoms with E-state index >= 15 is 0 Å². The Balaban J connectivity index is 2.06. The first-order valence-corrected chi connectivity index (χ1v) is 9.67. The van der Waals surface area contributed by atoms with Crippen molar-refractivity contribution >= 4 is 23.2 Å². The number of thiophene rings is 1. The lowest BCUT2D eigenvalue weighted by Gasteiger charge is -2.31. The number of carbonyl (C=O) groups excluding carboxylic acids is 2. The normalized spacial score (nSPS) is 13.7. The van der Waals surface area contributed by atoms with Crippen LogP contribution >= 0.6 is 11.3 Å². The first-order valence-electron chi connectivity index (χ1n) is 8.79. The summed E-state index contributed by atoms with van der Waals surface area (Å²) in [5.41, 5.74) is 0.953. The van der Waals surface area contributed by atoms with Gasteiger partial charge in [-0.1, -0.05) is 57.2 Å². The highest BCUT2D eigenvalue weighted by Crippen LogP contribution is 2.28. The van der Waals surface area contributed by atoms with Crippen LogP contribution < -0.4 is 5.32 Å². The molecular formula is C21H27NO3S. The van der Waals surface area contributed by atoms with Crippen LogP contribution in [0.3, 0.4) is 0 Å². The van der Waals surface area contributed by atoms with Gasteiger partial charge in [0.2, 0.25) is 5.91 Å². The van der Waals surface area contributed by atoms with Gasteiger partial charge in [-0.3, -0.25) is 9.59 Å². The molecule has 5 heteroatoms. The predicted molar refractivity (Wildman–Crippen MR) is 105 cm³/mol. The van der Waals surface area contributed by atoms with Gasteiger partial charge in [0.15, 0.2) is 0 Å². The Morgan fingerprint density at radius 1 is 1.12 bits per heavy atom. The van der Waals surface area contributed by atoms with E-state index in [1.807, 2.05) is 47.8 Å². The lowest BCUT2D eigenvalue weighted by molar-refractivity contribution is -0.155. The lowest BCUT2D eigenvalue weighted by Crippen LogP contribution is -2.35. The number of esters is 1. The molecule has 1 amide bonds. The SMILES string of the molecule is CC(=O)N[C@H](CC(=O)O[C@@H](Cc1ccccc1)C(C)(C)C)c1cccs1. The van der Waals surface area contributed by atoms with Crippen LogP contribution in [0.2, 0.25) is 0 Å². The van der Waals surface area contributed by atoms with Crippen molar-refractivity contribution in [2.75, 3.05) is 0 Å². The molecular weight excluding hydrogens is 346 g/mol. The molecule has 0 radical (unpaired) electrons.